The molecule has 3 atom stereocenters. The highest BCUT2D eigenvalue weighted by molar-refractivity contribution is 5.79. The lowest BCUT2D eigenvalue weighted by Gasteiger charge is -2.22. The Balaban J connectivity index is 2.42. The van der Waals surface area contributed by atoms with Gasteiger partial charge in [-0.05, 0) is 38.2 Å². The predicted octanol–water partition coefficient (Wildman–Crippen LogP) is 3.38. The lowest BCUT2D eigenvalue weighted by molar-refractivity contribution is -0.127. The molecule has 0 bridgehead atoms. The Bertz CT molecular complexity index is 456. The zero-order valence-corrected chi connectivity index (χ0v) is 13.6. The quantitative estimate of drug-likeness (QED) is 0.797. The van der Waals surface area contributed by atoms with Crippen LogP contribution in [0.2, 0.25) is 0 Å². The van der Waals surface area contributed by atoms with Gasteiger partial charge in [-0.3, -0.25) is 4.79 Å². The topological polar surface area (TPSA) is 46.2 Å². The fourth-order valence-corrected chi connectivity index (χ4v) is 2.33. The molecule has 0 radical (unpaired) electrons. The molecule has 0 aliphatic rings. The van der Waals surface area contributed by atoms with E-state index in [-0.39, 0.29) is 29.6 Å². The highest BCUT2D eigenvalue weighted by atomic mass is 16.2. The number of carbonyl (C=O) groups is 2. The Hall–Kier alpha value is -1.64. The second-order valence-electron chi connectivity index (χ2n) is 6.11. The molecule has 0 fully saturated rings. The molecule has 3 heteroatoms. The molecule has 0 aliphatic carbocycles. The van der Waals surface area contributed by atoms with Crippen LogP contribution in [0.1, 0.15) is 46.1 Å². The Labute approximate surface area is 128 Å². The second-order valence-corrected chi connectivity index (χ2v) is 6.11. The average Bonchev–Trinajstić information content (AvgIpc) is 2.44. The SMILES string of the molecule is CC(=O)CCC(C)C(C)C(=O)NC(C)Cc1ccccc1. The van der Waals surface area contributed by atoms with Crippen LogP contribution in [0.25, 0.3) is 0 Å². The molecule has 1 rings (SSSR count). The standard InChI is InChI=1S/C18H27NO2/c1-13(10-11-15(3)20)16(4)18(21)19-14(2)12-17-8-6-5-7-9-17/h5-9,13-14,16H,10-12H2,1-4H3,(H,19,21). The minimum absolute atomic E-state index is 0.0671. The van der Waals surface area contributed by atoms with Crippen LogP contribution >= 0.6 is 0 Å². The van der Waals surface area contributed by atoms with Crippen molar-refractivity contribution < 1.29 is 9.59 Å². The lowest BCUT2D eigenvalue weighted by Crippen LogP contribution is -2.39. The maximum Gasteiger partial charge on any atom is 0.223 e. The first kappa shape index (κ1) is 17.4. The van der Waals surface area contributed by atoms with E-state index in [1.54, 1.807) is 6.92 Å². The van der Waals surface area contributed by atoms with Gasteiger partial charge in [0.05, 0.1) is 0 Å². The van der Waals surface area contributed by atoms with E-state index in [4.69, 9.17) is 0 Å². The molecule has 0 saturated carbocycles. The predicted molar refractivity (Wildman–Crippen MR) is 86.0 cm³/mol. The molecule has 0 saturated heterocycles. The summed E-state index contributed by atoms with van der Waals surface area (Å²) in [6.07, 6.45) is 2.16. The summed E-state index contributed by atoms with van der Waals surface area (Å²) in [5.74, 6) is 0.418. The number of nitrogens with one attached hydrogen (secondary N) is 1. The third-order valence-electron chi connectivity index (χ3n) is 3.99. The van der Waals surface area contributed by atoms with Gasteiger partial charge < -0.3 is 10.1 Å². The van der Waals surface area contributed by atoms with E-state index in [1.165, 1.54) is 5.56 Å². The third-order valence-corrected chi connectivity index (χ3v) is 3.99. The minimum atomic E-state index is -0.0671. The van der Waals surface area contributed by atoms with Gasteiger partial charge in [0, 0.05) is 18.4 Å². The summed E-state index contributed by atoms with van der Waals surface area (Å²) in [7, 11) is 0. The fourth-order valence-electron chi connectivity index (χ4n) is 2.33. The molecule has 3 nitrogen and oxygen atoms in total. The smallest absolute Gasteiger partial charge is 0.223 e. The van der Waals surface area contributed by atoms with Crippen molar-refractivity contribution in [3.63, 3.8) is 0 Å². The first-order valence-electron chi connectivity index (χ1n) is 7.74. The monoisotopic (exact) mass is 289 g/mol. The lowest BCUT2D eigenvalue weighted by atomic mass is 9.90. The van der Waals surface area contributed by atoms with Crippen LogP contribution in [0.5, 0.6) is 0 Å². The number of hydrogen-bond acceptors (Lipinski definition) is 2. The van der Waals surface area contributed by atoms with Gasteiger partial charge in [0.25, 0.3) is 0 Å². The van der Waals surface area contributed by atoms with E-state index in [9.17, 15) is 9.59 Å². The van der Waals surface area contributed by atoms with E-state index in [0.29, 0.717) is 6.42 Å². The van der Waals surface area contributed by atoms with Crippen molar-refractivity contribution in [2.75, 3.05) is 0 Å². The third kappa shape index (κ3) is 6.56. The van der Waals surface area contributed by atoms with Crippen LogP contribution in [-0.4, -0.2) is 17.7 Å². The maximum atomic E-state index is 12.2. The highest BCUT2D eigenvalue weighted by Gasteiger charge is 2.21. The van der Waals surface area contributed by atoms with E-state index >= 15 is 0 Å². The number of ketones is 1. The summed E-state index contributed by atoms with van der Waals surface area (Å²) in [6, 6.07) is 10.3. The average molecular weight is 289 g/mol. The van der Waals surface area contributed by atoms with Gasteiger partial charge in [-0.15, -0.1) is 0 Å². The van der Waals surface area contributed by atoms with Gasteiger partial charge in [0.1, 0.15) is 5.78 Å². The number of rotatable bonds is 8. The molecule has 1 amide bonds. The van der Waals surface area contributed by atoms with Gasteiger partial charge in [0.15, 0.2) is 0 Å². The summed E-state index contributed by atoms with van der Waals surface area (Å²) < 4.78 is 0. The van der Waals surface area contributed by atoms with Gasteiger partial charge >= 0.3 is 0 Å². The molecular formula is C18H27NO2. The van der Waals surface area contributed by atoms with Crippen molar-refractivity contribution in [3.05, 3.63) is 35.9 Å². The normalized spacial score (nSPS) is 15.0. The van der Waals surface area contributed by atoms with Crippen molar-refractivity contribution >= 4 is 11.7 Å². The van der Waals surface area contributed by atoms with Gasteiger partial charge in [-0.25, -0.2) is 0 Å². The summed E-state index contributed by atoms with van der Waals surface area (Å²) >= 11 is 0. The van der Waals surface area contributed by atoms with Crippen molar-refractivity contribution in [1.82, 2.24) is 5.32 Å². The molecule has 1 N–H and O–H groups in total. The Morgan fingerprint density at radius 1 is 1.10 bits per heavy atom. The van der Waals surface area contributed by atoms with Crippen LogP contribution < -0.4 is 5.32 Å². The van der Waals surface area contributed by atoms with Crippen LogP contribution in [0.4, 0.5) is 0 Å². The van der Waals surface area contributed by atoms with Crippen LogP contribution in [0.15, 0.2) is 30.3 Å². The van der Waals surface area contributed by atoms with Crippen molar-refractivity contribution in [2.24, 2.45) is 11.8 Å². The molecule has 3 unspecified atom stereocenters. The molecule has 0 heterocycles. The van der Waals surface area contributed by atoms with E-state index in [2.05, 4.69) is 17.4 Å². The van der Waals surface area contributed by atoms with Crippen LogP contribution in [-0.2, 0) is 16.0 Å². The molecule has 21 heavy (non-hydrogen) atoms. The van der Waals surface area contributed by atoms with Gasteiger partial charge in [-0.2, -0.15) is 0 Å². The maximum absolute atomic E-state index is 12.2. The molecule has 1 aromatic rings. The number of amides is 1. The van der Waals surface area contributed by atoms with Crippen molar-refractivity contribution in [3.8, 4) is 0 Å². The first-order chi connectivity index (χ1) is 9.90. The Morgan fingerprint density at radius 2 is 1.71 bits per heavy atom. The second kappa shape index (κ2) is 8.60. The minimum Gasteiger partial charge on any atom is -0.353 e. The molecule has 1 aromatic carbocycles. The number of Topliss-reactive ketones (excluding diaryl/α,β-unsaturated/α-hetero) is 1. The molecular weight excluding hydrogens is 262 g/mol. The van der Waals surface area contributed by atoms with Crippen LogP contribution in [0.3, 0.4) is 0 Å². The van der Waals surface area contributed by atoms with Crippen LogP contribution in [0, 0.1) is 11.8 Å². The van der Waals surface area contributed by atoms with E-state index < -0.39 is 0 Å². The molecule has 0 aliphatic heterocycles. The van der Waals surface area contributed by atoms with Crippen molar-refractivity contribution in [2.45, 2.75) is 53.0 Å². The Morgan fingerprint density at radius 3 is 2.29 bits per heavy atom. The number of hydrogen-bond donors (Lipinski definition) is 1. The fraction of sp³-hybridized carbons (Fsp3) is 0.556. The molecule has 0 aromatic heterocycles. The van der Waals surface area contributed by atoms with Crippen molar-refractivity contribution in [1.29, 1.82) is 0 Å². The largest absolute Gasteiger partial charge is 0.353 e. The number of carbonyl (C=O) groups excluding carboxylic acids is 2. The molecule has 0 spiro atoms. The van der Waals surface area contributed by atoms with E-state index in [0.717, 1.165) is 12.8 Å². The van der Waals surface area contributed by atoms with Gasteiger partial charge in [0.2, 0.25) is 5.91 Å². The highest BCUT2D eigenvalue weighted by Crippen LogP contribution is 2.17. The first-order valence-corrected chi connectivity index (χ1v) is 7.74. The number of benzene rings is 1. The summed E-state index contributed by atoms with van der Waals surface area (Å²) in [6.45, 7) is 7.60. The van der Waals surface area contributed by atoms with Gasteiger partial charge in [-0.1, -0.05) is 44.2 Å². The molecule has 116 valence electrons. The Kier molecular flexibility index (Phi) is 7.13. The zero-order chi connectivity index (χ0) is 15.8. The summed E-state index contributed by atoms with van der Waals surface area (Å²) in [5.41, 5.74) is 1.22. The zero-order valence-electron chi connectivity index (χ0n) is 13.6. The summed E-state index contributed by atoms with van der Waals surface area (Å²) in [5, 5.41) is 3.07. The summed E-state index contributed by atoms with van der Waals surface area (Å²) in [4.78, 5) is 23.3. The van der Waals surface area contributed by atoms with E-state index in [1.807, 2.05) is 39.0 Å².